The number of H-pyrrole nitrogens is 1. The number of hydrogen-bond donors (Lipinski definition) is 3. The van der Waals surface area contributed by atoms with Gasteiger partial charge in [-0.05, 0) is 97.7 Å². The molecule has 2 aliphatic heterocycles. The predicted molar refractivity (Wildman–Crippen MR) is 235 cm³/mol. The molecule has 60 heavy (non-hydrogen) atoms. The smallest absolute Gasteiger partial charge is 0.293 e. The molecule has 14 nitrogen and oxygen atoms in total. The van der Waals surface area contributed by atoms with Crippen molar-refractivity contribution in [2.24, 2.45) is 11.8 Å². The van der Waals surface area contributed by atoms with Crippen LogP contribution in [-0.2, 0) is 14.8 Å². The Hall–Kier alpha value is -5.48. The second kappa shape index (κ2) is 18.8. The topological polar surface area (TPSA) is 172 Å². The van der Waals surface area contributed by atoms with Crippen LogP contribution in [0.1, 0.15) is 56.0 Å². The van der Waals surface area contributed by atoms with Crippen LogP contribution in [0.3, 0.4) is 0 Å². The van der Waals surface area contributed by atoms with Crippen LogP contribution in [0, 0.1) is 22.0 Å². The summed E-state index contributed by atoms with van der Waals surface area (Å²) in [6.07, 6.45) is 5.88. The number of nitro groups is 1. The molecule has 7 rings (SSSR count). The van der Waals surface area contributed by atoms with E-state index in [2.05, 4.69) is 62.7 Å². The van der Waals surface area contributed by atoms with Crippen LogP contribution in [0.25, 0.3) is 16.6 Å². The number of aromatic amines is 1. The fourth-order valence-corrected chi connectivity index (χ4v) is 8.81. The lowest BCUT2D eigenvalue weighted by Gasteiger charge is -2.37. The van der Waals surface area contributed by atoms with Crippen molar-refractivity contribution in [3.63, 3.8) is 0 Å². The second-order valence-electron chi connectivity index (χ2n) is 15.8. The van der Waals surface area contributed by atoms with Gasteiger partial charge in [0.2, 0.25) is 0 Å². The standard InChI is InChI=1S/C44H50ClN7O7S/c1-29(2)22-39(32-4-6-34(45)7-5-32)30(3)28-50-16-18-51(19-17-50)35-8-10-38(42(24-35)59-36-23-33-12-15-46-43(33)48-27-36)44(53)49-60(56,57)37-9-11-40(41(25-37)52(54)55)47-26-31-13-20-58-21-14-31/h4-12,15,23-25,27,29,31,47H,13-14,16-22,26,28H2,1-3H3,(H,46,48)(H,49,53)/b39-30-. The number of rotatable bonds is 15. The molecule has 2 saturated heterocycles. The monoisotopic (exact) mass is 855 g/mol. The minimum absolute atomic E-state index is 0.0417. The van der Waals surface area contributed by atoms with Gasteiger partial charge in [0.05, 0.1) is 21.6 Å². The van der Waals surface area contributed by atoms with E-state index in [0.717, 1.165) is 56.0 Å². The average Bonchev–Trinajstić information content (AvgIpc) is 3.71. The number of anilines is 2. The van der Waals surface area contributed by atoms with Crippen LogP contribution in [0.15, 0.2) is 95.7 Å². The van der Waals surface area contributed by atoms with Gasteiger partial charge in [-0.15, -0.1) is 0 Å². The molecule has 3 N–H and O–H groups in total. The Kier molecular flexibility index (Phi) is 13.4. The summed E-state index contributed by atoms with van der Waals surface area (Å²) in [6, 6.07) is 20.2. The highest BCUT2D eigenvalue weighted by Crippen LogP contribution is 2.34. The molecular formula is C44H50ClN7O7S. The average molecular weight is 856 g/mol. The predicted octanol–water partition coefficient (Wildman–Crippen LogP) is 8.52. The molecule has 0 unspecified atom stereocenters. The first-order valence-electron chi connectivity index (χ1n) is 20.2. The Balaban J connectivity index is 1.09. The number of benzene rings is 3. The highest BCUT2D eigenvalue weighted by Gasteiger charge is 2.27. The summed E-state index contributed by atoms with van der Waals surface area (Å²) in [5.74, 6) is 0.280. The number of aromatic nitrogens is 2. The van der Waals surface area contributed by atoms with Crippen LogP contribution in [0.5, 0.6) is 11.5 Å². The van der Waals surface area contributed by atoms with E-state index in [1.54, 1.807) is 24.4 Å². The SMILES string of the molecule is C/C(CN1CCN(c2ccc(C(=O)NS(=O)(=O)c3ccc(NCC4CCOCC4)c([N+](=O)[O-])c3)c(Oc3cnc4[nH]ccc4c3)c2)CC1)=C(\CC(C)C)c1ccc(Cl)cc1. The van der Waals surface area contributed by atoms with E-state index in [1.165, 1.54) is 41.1 Å². The molecule has 1 amide bonds. The number of nitro benzene ring substituents is 1. The van der Waals surface area contributed by atoms with Crippen molar-refractivity contribution in [2.75, 3.05) is 62.7 Å². The number of pyridine rings is 1. The normalized spacial score (nSPS) is 15.8. The summed E-state index contributed by atoms with van der Waals surface area (Å²) in [6.45, 7) is 12.2. The van der Waals surface area contributed by atoms with Gasteiger partial charge in [-0.3, -0.25) is 19.8 Å². The van der Waals surface area contributed by atoms with Gasteiger partial charge in [0.1, 0.15) is 22.8 Å². The van der Waals surface area contributed by atoms with E-state index in [4.69, 9.17) is 21.1 Å². The molecule has 0 aliphatic carbocycles. The molecule has 0 bridgehead atoms. The number of allylic oxidation sites excluding steroid dienone is 1. The Labute approximate surface area is 355 Å². The molecule has 0 radical (unpaired) electrons. The van der Waals surface area contributed by atoms with Gasteiger partial charge in [0.25, 0.3) is 21.6 Å². The maximum Gasteiger partial charge on any atom is 0.293 e. The van der Waals surface area contributed by atoms with Gasteiger partial charge >= 0.3 is 0 Å². The number of carbonyl (C=O) groups excluding carboxylic acids is 1. The number of carbonyl (C=O) groups is 1. The van der Waals surface area contributed by atoms with Crippen LogP contribution in [-0.4, -0.2) is 86.6 Å². The number of nitrogens with one attached hydrogen (secondary N) is 3. The zero-order valence-corrected chi connectivity index (χ0v) is 35.5. The van der Waals surface area contributed by atoms with E-state index >= 15 is 0 Å². The minimum Gasteiger partial charge on any atom is -0.455 e. The molecule has 0 atom stereocenters. The Morgan fingerprint density at radius 3 is 2.50 bits per heavy atom. The fourth-order valence-electron chi connectivity index (χ4n) is 7.69. The lowest BCUT2D eigenvalue weighted by molar-refractivity contribution is -0.384. The Morgan fingerprint density at radius 2 is 1.78 bits per heavy atom. The first kappa shape index (κ1) is 42.6. The van der Waals surface area contributed by atoms with Gasteiger partial charge in [-0.2, -0.15) is 0 Å². The third-order valence-corrected chi connectivity index (χ3v) is 12.5. The van der Waals surface area contributed by atoms with Gasteiger partial charge in [-0.25, -0.2) is 18.1 Å². The van der Waals surface area contributed by atoms with Crippen molar-refractivity contribution in [1.29, 1.82) is 0 Å². The number of amides is 1. The molecule has 316 valence electrons. The summed E-state index contributed by atoms with van der Waals surface area (Å²) in [4.78, 5) is 37.0. The number of ether oxygens (including phenoxy) is 2. The molecule has 4 heterocycles. The molecule has 0 saturated carbocycles. The van der Waals surface area contributed by atoms with E-state index in [-0.39, 0.29) is 22.9 Å². The lowest BCUT2D eigenvalue weighted by Crippen LogP contribution is -2.47. The van der Waals surface area contributed by atoms with Crippen molar-refractivity contribution in [3.8, 4) is 11.5 Å². The number of fused-ring (bicyclic) bond motifs is 1. The number of nitrogens with zero attached hydrogens (tertiary/aromatic N) is 4. The first-order chi connectivity index (χ1) is 28.8. The number of sulfonamides is 1. The van der Waals surface area contributed by atoms with Gasteiger partial charge in [0, 0.05) is 86.9 Å². The zero-order chi connectivity index (χ0) is 42.4. The van der Waals surface area contributed by atoms with Crippen molar-refractivity contribution in [3.05, 3.63) is 117 Å². The molecule has 2 aromatic heterocycles. The maximum absolute atomic E-state index is 13.9. The van der Waals surface area contributed by atoms with E-state index < -0.39 is 31.4 Å². The van der Waals surface area contributed by atoms with Gasteiger partial charge < -0.3 is 24.7 Å². The molecule has 5 aromatic rings. The minimum atomic E-state index is -4.55. The molecule has 3 aromatic carbocycles. The molecular weight excluding hydrogens is 806 g/mol. The van der Waals surface area contributed by atoms with Crippen molar-refractivity contribution >= 4 is 61.2 Å². The molecule has 2 fully saturated rings. The van der Waals surface area contributed by atoms with Crippen molar-refractivity contribution in [1.82, 2.24) is 19.6 Å². The van der Waals surface area contributed by atoms with Gasteiger partial charge in [0.15, 0.2) is 0 Å². The van der Waals surface area contributed by atoms with Crippen molar-refractivity contribution in [2.45, 2.75) is 44.9 Å². The van der Waals surface area contributed by atoms with Crippen molar-refractivity contribution < 1.29 is 27.6 Å². The van der Waals surface area contributed by atoms with E-state index in [1.807, 2.05) is 18.2 Å². The summed E-state index contributed by atoms with van der Waals surface area (Å²) in [7, 11) is -4.55. The maximum atomic E-state index is 13.9. The highest BCUT2D eigenvalue weighted by molar-refractivity contribution is 7.90. The number of halogens is 1. The zero-order valence-electron chi connectivity index (χ0n) is 33.9. The van der Waals surface area contributed by atoms with E-state index in [9.17, 15) is 23.3 Å². The lowest BCUT2D eigenvalue weighted by atomic mass is 9.92. The quantitative estimate of drug-likeness (QED) is 0.0681. The Morgan fingerprint density at radius 1 is 1.03 bits per heavy atom. The highest BCUT2D eigenvalue weighted by atomic mass is 35.5. The third kappa shape index (κ3) is 10.4. The van der Waals surface area contributed by atoms with Crippen LogP contribution in [0.4, 0.5) is 17.1 Å². The summed E-state index contributed by atoms with van der Waals surface area (Å²) >= 11 is 6.20. The molecule has 0 spiro atoms. The molecule has 16 heteroatoms. The third-order valence-electron chi connectivity index (χ3n) is 11.0. The van der Waals surface area contributed by atoms with Crippen LogP contribution >= 0.6 is 11.6 Å². The van der Waals surface area contributed by atoms with Crippen LogP contribution < -0.4 is 19.7 Å². The van der Waals surface area contributed by atoms with E-state index in [0.29, 0.717) is 55.2 Å². The van der Waals surface area contributed by atoms with Crippen LogP contribution in [0.2, 0.25) is 5.02 Å². The van der Waals surface area contributed by atoms with Gasteiger partial charge in [-0.1, -0.05) is 43.2 Å². The first-order valence-corrected chi connectivity index (χ1v) is 22.0. The number of hydrogen-bond acceptors (Lipinski definition) is 11. The summed E-state index contributed by atoms with van der Waals surface area (Å²) in [5, 5.41) is 16.7. The summed E-state index contributed by atoms with van der Waals surface area (Å²) in [5.41, 5.74) is 5.04. The largest absolute Gasteiger partial charge is 0.455 e. The molecule has 2 aliphatic rings. The Bertz CT molecular complexity index is 2480. The number of piperazine rings is 1. The fraction of sp³-hybridized carbons (Fsp3) is 0.364. The second-order valence-corrected chi connectivity index (χ2v) is 17.9. The summed E-state index contributed by atoms with van der Waals surface area (Å²) < 4.78 is 41.1.